The van der Waals surface area contributed by atoms with Crippen molar-refractivity contribution in [2.24, 2.45) is 0 Å². The lowest BCUT2D eigenvalue weighted by Crippen LogP contribution is -2.29. The van der Waals surface area contributed by atoms with Crippen LogP contribution in [-0.4, -0.2) is 35.6 Å². The average Bonchev–Trinajstić information content (AvgIpc) is 2.66. The van der Waals surface area contributed by atoms with Crippen molar-refractivity contribution in [1.29, 1.82) is 0 Å². The van der Waals surface area contributed by atoms with Crippen LogP contribution in [0.1, 0.15) is 68.9 Å². The Bertz CT molecular complexity index is 621. The van der Waals surface area contributed by atoms with Crippen molar-refractivity contribution in [3.05, 3.63) is 35.4 Å². The molecule has 8 heteroatoms. The topological polar surface area (TPSA) is 108 Å². The van der Waals surface area contributed by atoms with E-state index in [1.165, 1.54) is 24.0 Å². The Kier molecular flexibility index (Phi) is 13.7. The molecule has 1 rings (SSSR count). The first-order valence-electron chi connectivity index (χ1n) is 10.6. The van der Waals surface area contributed by atoms with Gasteiger partial charge in [-0.15, -0.1) is 0 Å². The number of nitrogens with one attached hydrogen (secondary N) is 2. The van der Waals surface area contributed by atoms with Gasteiger partial charge in [-0.05, 0) is 49.7 Å². The Hall–Kier alpha value is -1.40. The molecule has 0 saturated carbocycles. The molecule has 1 aromatic carbocycles. The van der Waals surface area contributed by atoms with Crippen LogP contribution in [0.2, 0.25) is 0 Å². The molecule has 0 spiro atoms. The van der Waals surface area contributed by atoms with Crippen LogP contribution < -0.4 is 10.8 Å². The summed E-state index contributed by atoms with van der Waals surface area (Å²) in [4.78, 5) is 33.4. The van der Waals surface area contributed by atoms with Crippen LogP contribution in [0, 0.1) is 0 Å². The minimum atomic E-state index is -3.82. The Morgan fingerprint density at radius 2 is 1.41 bits per heavy atom. The zero-order chi connectivity index (χ0) is 21.4. The maximum atomic E-state index is 11.2. The molecule has 0 bridgehead atoms. The molecule has 7 nitrogen and oxygen atoms in total. The molecule has 0 heterocycles. The number of amides is 1. The second-order valence-corrected chi connectivity index (χ2v) is 9.14. The number of aryl methyl sites for hydroxylation is 2. The van der Waals surface area contributed by atoms with Crippen molar-refractivity contribution in [3.63, 3.8) is 0 Å². The summed E-state index contributed by atoms with van der Waals surface area (Å²) < 4.78 is 10.8. The van der Waals surface area contributed by atoms with Crippen LogP contribution in [0.3, 0.4) is 0 Å². The summed E-state index contributed by atoms with van der Waals surface area (Å²) >= 11 is 0. The molecule has 1 amide bonds. The molecule has 29 heavy (non-hydrogen) atoms. The first-order valence-corrected chi connectivity index (χ1v) is 12.4. The van der Waals surface area contributed by atoms with E-state index in [1.54, 1.807) is 7.05 Å². The van der Waals surface area contributed by atoms with E-state index in [9.17, 15) is 9.36 Å². The van der Waals surface area contributed by atoms with Gasteiger partial charge in [-0.3, -0.25) is 4.57 Å². The van der Waals surface area contributed by atoms with Gasteiger partial charge in [0, 0.05) is 19.8 Å². The highest BCUT2D eigenvalue weighted by atomic mass is 31.2. The number of unbranched alkanes of at least 4 members (excludes halogenated alkanes) is 7. The van der Waals surface area contributed by atoms with Crippen LogP contribution >= 0.6 is 7.60 Å². The van der Waals surface area contributed by atoms with E-state index >= 15 is 0 Å². The second kappa shape index (κ2) is 15.4. The minimum Gasteiger partial charge on any atom is -0.354 e. The highest BCUT2D eigenvalue weighted by molar-refractivity contribution is 7.51. The van der Waals surface area contributed by atoms with Gasteiger partial charge in [0.25, 0.3) is 0 Å². The predicted octanol–water partition coefficient (Wildman–Crippen LogP) is 4.32. The van der Waals surface area contributed by atoms with Gasteiger partial charge in [0.2, 0.25) is 0 Å². The van der Waals surface area contributed by atoms with Crippen molar-refractivity contribution in [2.45, 2.75) is 70.6 Å². The predicted molar refractivity (Wildman–Crippen MR) is 116 cm³/mol. The van der Waals surface area contributed by atoms with Crippen LogP contribution in [0.15, 0.2) is 24.3 Å². The Morgan fingerprint density at radius 1 is 0.897 bits per heavy atom. The lowest BCUT2D eigenvalue weighted by atomic mass is 9.97. The number of hydrogen-bond acceptors (Lipinski definition) is 4. The van der Waals surface area contributed by atoms with E-state index in [2.05, 4.69) is 39.9 Å². The lowest BCUT2D eigenvalue weighted by Gasteiger charge is -2.10. The van der Waals surface area contributed by atoms with Crippen molar-refractivity contribution in [3.8, 4) is 0 Å². The van der Waals surface area contributed by atoms with Crippen LogP contribution in [0.5, 0.6) is 0 Å². The molecule has 0 aromatic heterocycles. The fourth-order valence-electron chi connectivity index (χ4n) is 3.32. The molecule has 0 aliphatic carbocycles. The largest absolute Gasteiger partial charge is 0.426 e. The summed E-state index contributed by atoms with van der Waals surface area (Å²) in [6.45, 7) is 0.608. The van der Waals surface area contributed by atoms with Crippen molar-refractivity contribution in [1.82, 2.24) is 10.8 Å². The number of hydroxylamine groups is 1. The van der Waals surface area contributed by atoms with Gasteiger partial charge in [-0.1, -0.05) is 56.4 Å². The normalized spacial score (nSPS) is 11.4. The van der Waals surface area contributed by atoms with Gasteiger partial charge < -0.3 is 19.9 Å². The SMILES string of the molecule is CNOC(=O)NCCCCc1ccccc1CCCCCCCCCP(=O)(O)O. The molecule has 1 aromatic rings. The molecule has 0 unspecified atom stereocenters. The van der Waals surface area contributed by atoms with Gasteiger partial charge in [0.15, 0.2) is 0 Å². The third-order valence-electron chi connectivity index (χ3n) is 4.85. The molecule has 0 aliphatic rings. The smallest absolute Gasteiger partial charge is 0.354 e. The first kappa shape index (κ1) is 25.6. The van der Waals surface area contributed by atoms with Gasteiger partial charge >= 0.3 is 13.7 Å². The van der Waals surface area contributed by atoms with E-state index in [-0.39, 0.29) is 6.16 Å². The van der Waals surface area contributed by atoms with Crippen molar-refractivity contribution >= 4 is 13.7 Å². The molecule has 0 radical (unpaired) electrons. The van der Waals surface area contributed by atoms with Crippen molar-refractivity contribution in [2.75, 3.05) is 19.8 Å². The third kappa shape index (κ3) is 14.3. The quantitative estimate of drug-likeness (QED) is 0.177. The van der Waals surface area contributed by atoms with Crippen LogP contribution in [0.25, 0.3) is 0 Å². The van der Waals surface area contributed by atoms with Crippen LogP contribution in [0.4, 0.5) is 4.79 Å². The van der Waals surface area contributed by atoms with E-state index < -0.39 is 13.7 Å². The highest BCUT2D eigenvalue weighted by Gasteiger charge is 2.10. The summed E-state index contributed by atoms with van der Waals surface area (Å²) in [6, 6.07) is 8.58. The number of carbonyl (C=O) groups is 1. The number of carbonyl (C=O) groups excluding carboxylic acids is 1. The standard InChI is InChI=1S/C21H37N2O5P/c1-22-28-21(24)23-17-11-10-16-20-15-9-8-14-19(20)13-7-5-3-2-4-6-12-18-29(25,26)27/h8-9,14-15,22H,2-7,10-13,16-18H2,1H3,(H,23,24)(H2,25,26,27). The molecular formula is C21H37N2O5P. The summed E-state index contributed by atoms with van der Waals surface area (Å²) in [7, 11) is -2.27. The average molecular weight is 429 g/mol. The highest BCUT2D eigenvalue weighted by Crippen LogP contribution is 2.35. The summed E-state index contributed by atoms with van der Waals surface area (Å²) in [5.74, 6) is 0. The fraction of sp³-hybridized carbons (Fsp3) is 0.667. The van der Waals surface area contributed by atoms with Crippen LogP contribution in [-0.2, 0) is 22.2 Å². The number of benzene rings is 1. The molecule has 0 saturated heterocycles. The van der Waals surface area contributed by atoms with E-state index in [4.69, 9.17) is 9.79 Å². The molecule has 4 N–H and O–H groups in total. The van der Waals surface area contributed by atoms with E-state index in [1.807, 2.05) is 0 Å². The molecule has 0 fully saturated rings. The fourth-order valence-corrected chi connectivity index (χ4v) is 3.96. The van der Waals surface area contributed by atoms with Gasteiger partial charge in [-0.25, -0.2) is 4.79 Å². The zero-order valence-corrected chi connectivity index (χ0v) is 18.5. The Balaban J connectivity index is 2.13. The van der Waals surface area contributed by atoms with E-state index in [0.29, 0.717) is 13.0 Å². The minimum absolute atomic E-state index is 0.0138. The third-order valence-corrected chi connectivity index (χ3v) is 5.75. The zero-order valence-electron chi connectivity index (χ0n) is 17.6. The lowest BCUT2D eigenvalue weighted by molar-refractivity contribution is 0.102. The molecule has 0 aliphatic heterocycles. The Labute approximate surface area is 174 Å². The number of rotatable bonds is 16. The summed E-state index contributed by atoms with van der Waals surface area (Å²) in [5, 5.41) is 2.70. The maximum Gasteiger partial charge on any atom is 0.426 e. The second-order valence-electron chi connectivity index (χ2n) is 7.36. The number of hydrogen-bond donors (Lipinski definition) is 4. The summed E-state index contributed by atoms with van der Waals surface area (Å²) in [6.07, 6.45) is 10.8. The molecular weight excluding hydrogens is 391 g/mol. The van der Waals surface area contributed by atoms with Gasteiger partial charge in [0.1, 0.15) is 0 Å². The van der Waals surface area contributed by atoms with Gasteiger partial charge in [0.05, 0.1) is 0 Å². The summed E-state index contributed by atoms with van der Waals surface area (Å²) in [5.41, 5.74) is 5.15. The monoisotopic (exact) mass is 428 g/mol. The molecule has 166 valence electrons. The van der Waals surface area contributed by atoms with Crippen molar-refractivity contribution < 1.29 is 24.0 Å². The Morgan fingerprint density at radius 3 is 1.97 bits per heavy atom. The van der Waals surface area contributed by atoms with Gasteiger partial charge in [-0.2, -0.15) is 5.48 Å². The van der Waals surface area contributed by atoms with E-state index in [0.717, 1.165) is 51.4 Å². The maximum absolute atomic E-state index is 11.2. The molecule has 0 atom stereocenters. The first-order chi connectivity index (χ1) is 13.9.